The zero-order chi connectivity index (χ0) is 13.4. The molecule has 4 heteroatoms. The zero-order valence-electron chi connectivity index (χ0n) is 10.4. The van der Waals surface area contributed by atoms with Crippen molar-refractivity contribution in [3.8, 4) is 0 Å². The standard InChI is InChI=1S/C14H18FNO2/c1-16-9-3-2-4-11-5-6-12(13(15)10-11)7-8-14(17)18/h2,4-6,10,16H,3,7-9H2,1H3,(H,17,18). The fourth-order valence-corrected chi connectivity index (χ4v) is 1.56. The maximum Gasteiger partial charge on any atom is 0.303 e. The Hall–Kier alpha value is -1.68. The molecule has 0 amide bonds. The summed E-state index contributed by atoms with van der Waals surface area (Å²) in [6, 6.07) is 4.89. The number of hydrogen-bond donors (Lipinski definition) is 2. The van der Waals surface area contributed by atoms with Crippen molar-refractivity contribution in [2.45, 2.75) is 19.3 Å². The van der Waals surface area contributed by atoms with Gasteiger partial charge < -0.3 is 10.4 Å². The molecule has 0 spiro atoms. The topological polar surface area (TPSA) is 49.3 Å². The van der Waals surface area contributed by atoms with E-state index in [2.05, 4.69) is 5.32 Å². The van der Waals surface area contributed by atoms with Crippen molar-refractivity contribution in [2.75, 3.05) is 13.6 Å². The van der Waals surface area contributed by atoms with E-state index in [1.807, 2.05) is 19.2 Å². The number of hydrogen-bond acceptors (Lipinski definition) is 2. The van der Waals surface area contributed by atoms with Gasteiger partial charge >= 0.3 is 5.97 Å². The molecule has 1 aromatic carbocycles. The van der Waals surface area contributed by atoms with Gasteiger partial charge in [0.05, 0.1) is 0 Å². The first kappa shape index (κ1) is 14.4. The van der Waals surface area contributed by atoms with E-state index < -0.39 is 5.97 Å². The third-order valence-electron chi connectivity index (χ3n) is 2.56. The Morgan fingerprint density at radius 1 is 1.50 bits per heavy atom. The maximum absolute atomic E-state index is 13.6. The lowest BCUT2D eigenvalue weighted by Gasteiger charge is -2.02. The molecule has 0 atom stereocenters. The normalized spacial score (nSPS) is 11.0. The van der Waals surface area contributed by atoms with Crippen molar-refractivity contribution in [1.29, 1.82) is 0 Å². The Balaban J connectivity index is 2.61. The van der Waals surface area contributed by atoms with Crippen molar-refractivity contribution in [1.82, 2.24) is 5.32 Å². The Morgan fingerprint density at radius 3 is 2.89 bits per heavy atom. The molecule has 0 saturated carbocycles. The highest BCUT2D eigenvalue weighted by Gasteiger charge is 2.05. The van der Waals surface area contributed by atoms with E-state index in [9.17, 15) is 9.18 Å². The van der Waals surface area contributed by atoms with Crippen LogP contribution in [0.25, 0.3) is 6.08 Å². The molecule has 0 fully saturated rings. The minimum absolute atomic E-state index is 0.0473. The molecule has 0 heterocycles. The van der Waals surface area contributed by atoms with Gasteiger partial charge in [0.2, 0.25) is 0 Å². The molecule has 1 rings (SSSR count). The molecule has 98 valence electrons. The SMILES string of the molecule is CNCCC=Cc1ccc(CCC(=O)O)c(F)c1. The average Bonchev–Trinajstić information content (AvgIpc) is 2.33. The van der Waals surface area contributed by atoms with Gasteiger partial charge in [0.1, 0.15) is 5.82 Å². The number of benzene rings is 1. The molecule has 18 heavy (non-hydrogen) atoms. The lowest BCUT2D eigenvalue weighted by Crippen LogP contribution is -2.05. The van der Waals surface area contributed by atoms with Crippen molar-refractivity contribution in [3.05, 3.63) is 41.2 Å². The number of aryl methyl sites for hydroxylation is 1. The summed E-state index contributed by atoms with van der Waals surface area (Å²) in [6.45, 7) is 0.885. The number of carboxylic acid groups (broad SMARTS) is 1. The van der Waals surface area contributed by atoms with Crippen LogP contribution in [0.3, 0.4) is 0 Å². The van der Waals surface area contributed by atoms with Crippen LogP contribution in [-0.4, -0.2) is 24.7 Å². The second-order valence-electron chi connectivity index (χ2n) is 4.04. The number of rotatable bonds is 7. The molecule has 1 aromatic rings. The maximum atomic E-state index is 13.6. The van der Waals surface area contributed by atoms with Gasteiger partial charge in [-0.1, -0.05) is 24.3 Å². The first-order valence-electron chi connectivity index (χ1n) is 5.95. The highest BCUT2D eigenvalue weighted by atomic mass is 19.1. The number of carboxylic acids is 1. The molecule has 0 aliphatic rings. The number of aliphatic carboxylic acids is 1. The molecule has 0 aliphatic carbocycles. The van der Waals surface area contributed by atoms with Crippen LogP contribution in [0.15, 0.2) is 24.3 Å². The van der Waals surface area contributed by atoms with E-state index >= 15 is 0 Å². The number of nitrogens with one attached hydrogen (secondary N) is 1. The number of carbonyl (C=O) groups is 1. The van der Waals surface area contributed by atoms with E-state index in [1.54, 1.807) is 12.1 Å². The molecule has 0 unspecified atom stereocenters. The van der Waals surface area contributed by atoms with E-state index in [4.69, 9.17) is 5.11 Å². The van der Waals surface area contributed by atoms with Crippen molar-refractivity contribution < 1.29 is 14.3 Å². The highest BCUT2D eigenvalue weighted by Crippen LogP contribution is 2.13. The third-order valence-corrected chi connectivity index (χ3v) is 2.56. The van der Waals surface area contributed by atoms with Gasteiger partial charge in [-0.05, 0) is 43.6 Å². The second-order valence-corrected chi connectivity index (χ2v) is 4.04. The summed E-state index contributed by atoms with van der Waals surface area (Å²) in [4.78, 5) is 10.4. The van der Waals surface area contributed by atoms with Crippen LogP contribution >= 0.6 is 0 Å². The van der Waals surface area contributed by atoms with Crippen LogP contribution in [0.2, 0.25) is 0 Å². The van der Waals surface area contributed by atoms with Crippen molar-refractivity contribution in [2.24, 2.45) is 0 Å². The molecule has 2 N–H and O–H groups in total. The Kier molecular flexibility index (Phi) is 6.08. The van der Waals surface area contributed by atoms with Crippen molar-refractivity contribution >= 4 is 12.0 Å². The van der Waals surface area contributed by atoms with Crippen molar-refractivity contribution in [3.63, 3.8) is 0 Å². The first-order chi connectivity index (χ1) is 8.63. The summed E-state index contributed by atoms with van der Waals surface area (Å²) in [5, 5.41) is 11.6. The van der Waals surface area contributed by atoms with Gasteiger partial charge in [0.15, 0.2) is 0 Å². The Morgan fingerprint density at radius 2 is 2.28 bits per heavy atom. The predicted octanol–water partition coefficient (Wildman–Crippen LogP) is 2.47. The van der Waals surface area contributed by atoms with Crippen LogP contribution in [0, 0.1) is 5.82 Å². The summed E-state index contributed by atoms with van der Waals surface area (Å²) >= 11 is 0. The minimum atomic E-state index is -0.912. The molecule has 0 radical (unpaired) electrons. The van der Waals surface area contributed by atoms with Gasteiger partial charge in [-0.3, -0.25) is 4.79 Å². The molecule has 0 bridgehead atoms. The fourth-order valence-electron chi connectivity index (χ4n) is 1.56. The lowest BCUT2D eigenvalue weighted by atomic mass is 10.1. The van der Waals surface area contributed by atoms with E-state index in [-0.39, 0.29) is 18.7 Å². The molecular weight excluding hydrogens is 233 g/mol. The summed E-state index contributed by atoms with van der Waals surface area (Å²) in [7, 11) is 1.88. The minimum Gasteiger partial charge on any atom is -0.481 e. The lowest BCUT2D eigenvalue weighted by molar-refractivity contribution is -0.136. The summed E-state index contributed by atoms with van der Waals surface area (Å²) in [5.41, 5.74) is 1.24. The highest BCUT2D eigenvalue weighted by molar-refractivity contribution is 5.67. The van der Waals surface area contributed by atoms with Gasteiger partial charge in [-0.15, -0.1) is 0 Å². The summed E-state index contributed by atoms with van der Waals surface area (Å²) in [5.74, 6) is -1.25. The molecule has 0 aromatic heterocycles. The number of halogens is 1. The quantitative estimate of drug-likeness (QED) is 0.732. The van der Waals surface area contributed by atoms with E-state index in [1.165, 1.54) is 6.07 Å². The Bertz CT molecular complexity index is 430. The third kappa shape index (κ3) is 5.10. The molecule has 0 aliphatic heterocycles. The van der Waals surface area contributed by atoms with Gasteiger partial charge in [-0.25, -0.2) is 4.39 Å². The average molecular weight is 251 g/mol. The molecule has 3 nitrogen and oxygen atoms in total. The fraction of sp³-hybridized carbons (Fsp3) is 0.357. The van der Waals surface area contributed by atoms with Crippen LogP contribution in [0.1, 0.15) is 24.0 Å². The summed E-state index contributed by atoms with van der Waals surface area (Å²) < 4.78 is 13.6. The Labute approximate surface area is 106 Å². The zero-order valence-corrected chi connectivity index (χ0v) is 10.4. The van der Waals surface area contributed by atoms with Gasteiger partial charge in [0.25, 0.3) is 0 Å². The van der Waals surface area contributed by atoms with Crippen LogP contribution in [0.5, 0.6) is 0 Å². The first-order valence-corrected chi connectivity index (χ1v) is 5.95. The van der Waals surface area contributed by atoms with Crippen LogP contribution < -0.4 is 5.32 Å². The summed E-state index contributed by atoms with van der Waals surface area (Å²) in [6.07, 6.45) is 4.90. The molecular formula is C14H18FNO2. The van der Waals surface area contributed by atoms with Gasteiger partial charge in [0, 0.05) is 6.42 Å². The molecule has 0 saturated heterocycles. The van der Waals surface area contributed by atoms with E-state index in [0.29, 0.717) is 5.56 Å². The largest absolute Gasteiger partial charge is 0.481 e. The monoisotopic (exact) mass is 251 g/mol. The smallest absolute Gasteiger partial charge is 0.303 e. The second kappa shape index (κ2) is 7.61. The predicted molar refractivity (Wildman–Crippen MR) is 69.9 cm³/mol. The van der Waals surface area contributed by atoms with E-state index in [0.717, 1.165) is 18.5 Å². The van der Waals surface area contributed by atoms with Gasteiger partial charge in [-0.2, -0.15) is 0 Å². The van der Waals surface area contributed by atoms with Crippen LogP contribution in [-0.2, 0) is 11.2 Å². The van der Waals surface area contributed by atoms with Crippen LogP contribution in [0.4, 0.5) is 4.39 Å².